The summed E-state index contributed by atoms with van der Waals surface area (Å²) >= 11 is 0. The van der Waals surface area contributed by atoms with E-state index in [0.29, 0.717) is 57.4 Å². The van der Waals surface area contributed by atoms with E-state index in [1.165, 1.54) is 6.07 Å². The smallest absolute Gasteiger partial charge is 0.416 e. The lowest BCUT2D eigenvalue weighted by atomic mass is 9.68. The Balaban J connectivity index is 1.34. The molecular formula is C22H27F3N2O4. The Hall–Kier alpha value is -2.29. The van der Waals surface area contributed by atoms with E-state index in [1.807, 2.05) is 11.8 Å². The van der Waals surface area contributed by atoms with E-state index in [1.54, 1.807) is 0 Å². The van der Waals surface area contributed by atoms with Gasteiger partial charge in [0, 0.05) is 31.3 Å². The van der Waals surface area contributed by atoms with Crippen molar-refractivity contribution >= 4 is 12.3 Å². The number of alkyl halides is 3. The van der Waals surface area contributed by atoms with Gasteiger partial charge in [0.25, 0.3) is 0 Å². The van der Waals surface area contributed by atoms with Crippen LogP contribution in [0.2, 0.25) is 0 Å². The van der Waals surface area contributed by atoms with Crippen molar-refractivity contribution in [2.45, 2.75) is 56.3 Å². The van der Waals surface area contributed by atoms with Crippen LogP contribution < -0.4 is 10.1 Å². The number of fused-ring (bicyclic) bond motifs is 1. The summed E-state index contributed by atoms with van der Waals surface area (Å²) in [5, 5.41) is 12.1. The lowest BCUT2D eigenvalue weighted by Crippen LogP contribution is -2.61. The van der Waals surface area contributed by atoms with Gasteiger partial charge in [0.2, 0.25) is 12.3 Å². The molecule has 1 saturated carbocycles. The molecule has 2 aliphatic heterocycles. The number of amides is 2. The predicted molar refractivity (Wildman–Crippen MR) is 105 cm³/mol. The summed E-state index contributed by atoms with van der Waals surface area (Å²) in [6.07, 6.45) is -1.01. The summed E-state index contributed by atoms with van der Waals surface area (Å²) in [6, 6.07) is 3.68. The number of aliphatic hydroxyl groups excluding tert-OH is 1. The molecule has 0 bridgehead atoms. The number of hydrogen-bond donors (Lipinski definition) is 2. The summed E-state index contributed by atoms with van der Waals surface area (Å²) in [4.78, 5) is 25.3. The Morgan fingerprint density at radius 3 is 2.58 bits per heavy atom. The van der Waals surface area contributed by atoms with Gasteiger partial charge in [0.1, 0.15) is 11.4 Å². The fourth-order valence-corrected chi connectivity index (χ4v) is 5.31. The molecule has 0 aromatic heterocycles. The van der Waals surface area contributed by atoms with Gasteiger partial charge in [-0.1, -0.05) is 6.07 Å². The first-order chi connectivity index (χ1) is 14.6. The molecule has 0 spiro atoms. The molecule has 2 heterocycles. The number of carbonyl (C=O) groups excluding carboxylic acids is 2. The highest BCUT2D eigenvalue weighted by molar-refractivity contribution is 5.80. The normalized spacial score (nSPS) is 30.9. The van der Waals surface area contributed by atoms with E-state index in [-0.39, 0.29) is 24.3 Å². The first-order valence-corrected chi connectivity index (χ1v) is 10.6. The lowest BCUT2D eigenvalue weighted by molar-refractivity contribution is -0.145. The number of benzene rings is 1. The van der Waals surface area contributed by atoms with Gasteiger partial charge >= 0.3 is 6.18 Å². The van der Waals surface area contributed by atoms with E-state index in [0.717, 1.165) is 17.7 Å². The predicted octanol–water partition coefficient (Wildman–Crippen LogP) is 2.52. The largest absolute Gasteiger partial charge is 0.487 e. The Morgan fingerprint density at radius 2 is 2.00 bits per heavy atom. The Bertz CT molecular complexity index is 861. The second-order valence-corrected chi connectivity index (χ2v) is 9.32. The second-order valence-electron chi connectivity index (χ2n) is 9.32. The number of nitrogens with one attached hydrogen (secondary N) is 1. The molecule has 31 heavy (non-hydrogen) atoms. The monoisotopic (exact) mass is 440 g/mol. The molecule has 170 valence electrons. The van der Waals surface area contributed by atoms with Crippen LogP contribution in [0.15, 0.2) is 18.2 Å². The van der Waals surface area contributed by atoms with Crippen LogP contribution in [0, 0.1) is 11.8 Å². The molecule has 1 atom stereocenters. The maximum absolute atomic E-state index is 13.0. The molecule has 1 aromatic carbocycles. The number of halogens is 3. The first kappa shape index (κ1) is 21.9. The number of nitrogens with zero attached hydrogens (tertiary/aromatic N) is 1. The van der Waals surface area contributed by atoms with Gasteiger partial charge < -0.3 is 20.1 Å². The molecule has 2 N–H and O–H groups in total. The van der Waals surface area contributed by atoms with E-state index in [9.17, 15) is 27.9 Å². The van der Waals surface area contributed by atoms with E-state index in [4.69, 9.17) is 4.74 Å². The van der Waals surface area contributed by atoms with Crippen LogP contribution in [0.25, 0.3) is 0 Å². The van der Waals surface area contributed by atoms with E-state index < -0.39 is 22.9 Å². The number of ether oxygens (including phenoxy) is 1. The zero-order valence-electron chi connectivity index (χ0n) is 17.4. The summed E-state index contributed by atoms with van der Waals surface area (Å²) in [7, 11) is 0. The highest BCUT2D eigenvalue weighted by atomic mass is 19.4. The number of carbonyl (C=O) groups is 2. The molecule has 0 radical (unpaired) electrons. The zero-order chi connectivity index (χ0) is 22.4. The summed E-state index contributed by atoms with van der Waals surface area (Å²) in [5.41, 5.74) is -1.20. The van der Waals surface area contributed by atoms with Crippen LogP contribution in [-0.2, 0) is 22.2 Å². The summed E-state index contributed by atoms with van der Waals surface area (Å²) < 4.78 is 45.1. The molecule has 4 rings (SSSR count). The molecule has 2 amide bonds. The quantitative estimate of drug-likeness (QED) is 0.690. The second kappa shape index (κ2) is 7.69. The standard InChI is InChI=1S/C22H27F3N2O4/c1-20(9-14-2-3-17(22(23,24)25)8-18(14)31-20)16-4-6-27(7-5-16)19(30)15-10-21(11-15,12-28)26-13-29/h2-3,8,13,15-16,28H,4-7,9-12H2,1H3,(H,26,29)/t15-,20?,21+. The van der Waals surface area contributed by atoms with Gasteiger partial charge in [0.05, 0.1) is 17.7 Å². The van der Waals surface area contributed by atoms with E-state index >= 15 is 0 Å². The van der Waals surface area contributed by atoms with Crippen molar-refractivity contribution in [3.05, 3.63) is 29.3 Å². The molecule has 1 saturated heterocycles. The lowest BCUT2D eigenvalue weighted by Gasteiger charge is -2.48. The van der Waals surface area contributed by atoms with Crippen LogP contribution in [0.4, 0.5) is 13.2 Å². The van der Waals surface area contributed by atoms with Crippen molar-refractivity contribution in [2.24, 2.45) is 11.8 Å². The molecule has 1 aromatic rings. The number of likely N-dealkylation sites (tertiary alicyclic amines) is 1. The van der Waals surface area contributed by atoms with Crippen molar-refractivity contribution < 1.29 is 32.6 Å². The van der Waals surface area contributed by atoms with Crippen LogP contribution in [-0.4, -0.2) is 53.2 Å². The third-order valence-electron chi connectivity index (χ3n) is 7.24. The highest BCUT2D eigenvalue weighted by Gasteiger charge is 2.49. The Kier molecular flexibility index (Phi) is 5.44. The van der Waals surface area contributed by atoms with Crippen molar-refractivity contribution in [1.29, 1.82) is 0 Å². The zero-order valence-corrected chi connectivity index (χ0v) is 17.4. The summed E-state index contributed by atoms with van der Waals surface area (Å²) in [6.45, 7) is 2.88. The highest BCUT2D eigenvalue weighted by Crippen LogP contribution is 2.45. The number of aliphatic hydroxyl groups is 1. The topological polar surface area (TPSA) is 78.9 Å². The van der Waals surface area contributed by atoms with Crippen LogP contribution in [0.5, 0.6) is 5.75 Å². The SMILES string of the molecule is CC1(C2CCN(C(=O)[C@H]3C[C@@](CO)(NC=O)C3)CC2)Cc2ccc(C(F)(F)F)cc2O1. The average molecular weight is 440 g/mol. The average Bonchev–Trinajstić information content (AvgIpc) is 3.06. The number of hydrogen-bond acceptors (Lipinski definition) is 4. The molecule has 3 aliphatic rings. The van der Waals surface area contributed by atoms with Gasteiger partial charge in [-0.05, 0) is 50.3 Å². The third-order valence-corrected chi connectivity index (χ3v) is 7.24. The van der Waals surface area contributed by atoms with Gasteiger partial charge in [-0.15, -0.1) is 0 Å². The Labute approximate surface area is 178 Å². The van der Waals surface area contributed by atoms with Crippen LogP contribution in [0.1, 0.15) is 43.7 Å². The molecule has 1 unspecified atom stereocenters. The summed E-state index contributed by atoms with van der Waals surface area (Å²) in [5.74, 6) is 0.256. The van der Waals surface area contributed by atoms with Crippen molar-refractivity contribution in [3.63, 3.8) is 0 Å². The maximum Gasteiger partial charge on any atom is 0.416 e. The van der Waals surface area contributed by atoms with Crippen molar-refractivity contribution in [1.82, 2.24) is 10.2 Å². The van der Waals surface area contributed by atoms with Gasteiger partial charge in [-0.25, -0.2) is 0 Å². The minimum Gasteiger partial charge on any atom is -0.487 e. The van der Waals surface area contributed by atoms with Gasteiger partial charge in [0.15, 0.2) is 0 Å². The Morgan fingerprint density at radius 1 is 1.32 bits per heavy atom. The molecule has 2 fully saturated rings. The van der Waals surface area contributed by atoms with Gasteiger partial charge in [-0.2, -0.15) is 13.2 Å². The molecule has 1 aliphatic carbocycles. The fraction of sp³-hybridized carbons (Fsp3) is 0.636. The van der Waals surface area contributed by atoms with Crippen LogP contribution in [0.3, 0.4) is 0 Å². The minimum atomic E-state index is -4.40. The minimum absolute atomic E-state index is 0.0332. The van der Waals surface area contributed by atoms with Crippen molar-refractivity contribution in [2.75, 3.05) is 19.7 Å². The van der Waals surface area contributed by atoms with E-state index in [2.05, 4.69) is 5.32 Å². The molecular weight excluding hydrogens is 413 g/mol. The molecule has 9 heteroatoms. The maximum atomic E-state index is 13.0. The fourth-order valence-electron chi connectivity index (χ4n) is 5.31. The van der Waals surface area contributed by atoms with Crippen LogP contribution >= 0.6 is 0 Å². The molecule has 6 nitrogen and oxygen atoms in total. The van der Waals surface area contributed by atoms with Gasteiger partial charge in [-0.3, -0.25) is 9.59 Å². The first-order valence-electron chi connectivity index (χ1n) is 10.6. The number of piperidine rings is 1. The van der Waals surface area contributed by atoms with Crippen molar-refractivity contribution in [3.8, 4) is 5.75 Å². The third kappa shape index (κ3) is 4.00. The number of rotatable bonds is 5.